The molecule has 0 saturated heterocycles. The molecule has 1 N–H and O–H groups in total. The topological polar surface area (TPSA) is 36.2 Å². The van der Waals surface area contributed by atoms with Gasteiger partial charge in [0, 0.05) is 12.6 Å². The SMILES string of the molecule is N=C1CC=NCC1F. The number of hydrogen-bond donors (Lipinski definition) is 1. The summed E-state index contributed by atoms with van der Waals surface area (Å²) in [7, 11) is 0. The first-order valence-corrected chi connectivity index (χ1v) is 2.50. The summed E-state index contributed by atoms with van der Waals surface area (Å²) in [6, 6.07) is 0. The minimum Gasteiger partial charge on any atom is -0.306 e. The van der Waals surface area contributed by atoms with Gasteiger partial charge in [-0.1, -0.05) is 0 Å². The second kappa shape index (κ2) is 2.03. The molecule has 1 heterocycles. The standard InChI is InChI=1S/C5H7FN2/c6-4-3-8-2-1-5(4)7/h2,4,7H,1,3H2. The summed E-state index contributed by atoms with van der Waals surface area (Å²) in [5, 5.41) is 6.93. The molecule has 8 heavy (non-hydrogen) atoms. The molecule has 1 rings (SSSR count). The highest BCUT2D eigenvalue weighted by Gasteiger charge is 2.13. The van der Waals surface area contributed by atoms with Crippen LogP contribution in [0, 0.1) is 5.41 Å². The number of hydrogen-bond acceptors (Lipinski definition) is 2. The second-order valence-electron chi connectivity index (χ2n) is 1.74. The Bertz CT molecular complexity index is 130. The fourth-order valence-corrected chi connectivity index (χ4v) is 0.568. The van der Waals surface area contributed by atoms with E-state index in [2.05, 4.69) is 4.99 Å². The maximum absolute atomic E-state index is 12.2. The Morgan fingerprint density at radius 1 is 1.88 bits per heavy atom. The van der Waals surface area contributed by atoms with E-state index in [1.165, 1.54) is 0 Å². The molecule has 0 aromatic carbocycles. The summed E-state index contributed by atoms with van der Waals surface area (Å²) < 4.78 is 12.2. The second-order valence-corrected chi connectivity index (χ2v) is 1.74. The number of aliphatic imine (C=N–C) groups is 1. The van der Waals surface area contributed by atoms with Crippen molar-refractivity contribution in [3.8, 4) is 0 Å². The minimum atomic E-state index is -1.11. The Balaban J connectivity index is 2.57. The van der Waals surface area contributed by atoms with E-state index in [0.29, 0.717) is 6.42 Å². The zero-order valence-electron chi connectivity index (χ0n) is 4.39. The van der Waals surface area contributed by atoms with Gasteiger partial charge < -0.3 is 5.41 Å². The minimum absolute atomic E-state index is 0.152. The van der Waals surface area contributed by atoms with E-state index in [1.54, 1.807) is 6.21 Å². The van der Waals surface area contributed by atoms with E-state index in [9.17, 15) is 4.39 Å². The molecule has 0 aromatic heterocycles. The molecule has 2 nitrogen and oxygen atoms in total. The third kappa shape index (κ3) is 0.911. The summed E-state index contributed by atoms with van der Waals surface area (Å²) in [5.41, 5.74) is 0.153. The number of alkyl halides is 1. The van der Waals surface area contributed by atoms with Crippen LogP contribution in [0.15, 0.2) is 4.99 Å². The predicted octanol–water partition coefficient (Wildman–Crippen LogP) is 0.819. The Kier molecular flexibility index (Phi) is 1.37. The van der Waals surface area contributed by atoms with E-state index in [0.717, 1.165) is 0 Å². The van der Waals surface area contributed by atoms with Crippen LogP contribution < -0.4 is 0 Å². The first-order valence-electron chi connectivity index (χ1n) is 2.50. The van der Waals surface area contributed by atoms with Crippen LogP contribution in [-0.4, -0.2) is 24.6 Å². The van der Waals surface area contributed by atoms with Gasteiger partial charge in [0.05, 0.1) is 12.3 Å². The molecule has 0 radical (unpaired) electrons. The lowest BCUT2D eigenvalue weighted by Gasteiger charge is -2.08. The Hall–Kier alpha value is -0.730. The fraction of sp³-hybridized carbons (Fsp3) is 0.600. The smallest absolute Gasteiger partial charge is 0.157 e. The van der Waals surface area contributed by atoms with E-state index >= 15 is 0 Å². The van der Waals surface area contributed by atoms with Gasteiger partial charge in [0.15, 0.2) is 6.17 Å². The van der Waals surface area contributed by atoms with Crippen LogP contribution in [0.4, 0.5) is 4.39 Å². The van der Waals surface area contributed by atoms with Gasteiger partial charge in [-0.25, -0.2) is 4.39 Å². The Labute approximate surface area is 46.9 Å². The molecule has 0 saturated carbocycles. The maximum atomic E-state index is 12.2. The van der Waals surface area contributed by atoms with Crippen molar-refractivity contribution >= 4 is 11.9 Å². The zero-order chi connectivity index (χ0) is 5.98. The molecule has 0 spiro atoms. The molecule has 1 aliphatic rings. The third-order valence-corrected chi connectivity index (χ3v) is 1.08. The van der Waals surface area contributed by atoms with Crippen LogP contribution >= 0.6 is 0 Å². The van der Waals surface area contributed by atoms with E-state index in [4.69, 9.17) is 5.41 Å². The van der Waals surface area contributed by atoms with Crippen molar-refractivity contribution in [2.24, 2.45) is 4.99 Å². The summed E-state index contributed by atoms with van der Waals surface area (Å²) >= 11 is 0. The molecule has 1 atom stereocenters. The molecule has 1 unspecified atom stereocenters. The average Bonchev–Trinajstić information content (AvgIpc) is 1.77. The quantitative estimate of drug-likeness (QED) is 0.484. The lowest BCUT2D eigenvalue weighted by atomic mass is 10.1. The van der Waals surface area contributed by atoms with Crippen molar-refractivity contribution in [3.05, 3.63) is 0 Å². The van der Waals surface area contributed by atoms with Gasteiger partial charge in [-0.15, -0.1) is 0 Å². The van der Waals surface area contributed by atoms with Gasteiger partial charge in [0.2, 0.25) is 0 Å². The summed E-state index contributed by atoms with van der Waals surface area (Å²) in [6.45, 7) is 0.152. The van der Waals surface area contributed by atoms with Gasteiger partial charge in [0.25, 0.3) is 0 Å². The van der Waals surface area contributed by atoms with Crippen molar-refractivity contribution < 1.29 is 4.39 Å². The van der Waals surface area contributed by atoms with Crippen LogP contribution in [0.3, 0.4) is 0 Å². The third-order valence-electron chi connectivity index (χ3n) is 1.08. The summed E-state index contributed by atoms with van der Waals surface area (Å²) in [5.74, 6) is 0. The van der Waals surface area contributed by atoms with E-state index < -0.39 is 6.17 Å². The average molecular weight is 114 g/mol. The maximum Gasteiger partial charge on any atom is 0.157 e. The highest BCUT2D eigenvalue weighted by molar-refractivity contribution is 5.98. The molecule has 1 aliphatic heterocycles. The van der Waals surface area contributed by atoms with Crippen molar-refractivity contribution in [1.29, 1.82) is 5.41 Å². The molecule has 0 amide bonds. The molecule has 0 aromatic rings. The van der Waals surface area contributed by atoms with Gasteiger partial charge in [-0.2, -0.15) is 0 Å². The van der Waals surface area contributed by atoms with Crippen molar-refractivity contribution in [2.75, 3.05) is 6.54 Å². The number of halogens is 1. The molecule has 0 aliphatic carbocycles. The van der Waals surface area contributed by atoms with Crippen molar-refractivity contribution in [2.45, 2.75) is 12.6 Å². The summed E-state index contributed by atoms with van der Waals surface area (Å²) in [4.78, 5) is 3.67. The lowest BCUT2D eigenvalue weighted by Crippen LogP contribution is -2.22. The molecule has 3 heteroatoms. The van der Waals surface area contributed by atoms with E-state index in [1.807, 2.05) is 0 Å². The van der Waals surface area contributed by atoms with Gasteiger partial charge in [0.1, 0.15) is 0 Å². The molecule has 44 valence electrons. The van der Waals surface area contributed by atoms with Crippen LogP contribution in [0.5, 0.6) is 0 Å². The molecular formula is C5H7FN2. The lowest BCUT2D eigenvalue weighted by molar-refractivity contribution is 0.425. The van der Waals surface area contributed by atoms with Crippen LogP contribution in [0.2, 0.25) is 0 Å². The molecule has 0 bridgehead atoms. The number of rotatable bonds is 0. The summed E-state index contributed by atoms with van der Waals surface area (Å²) in [6.07, 6.45) is 0.861. The van der Waals surface area contributed by atoms with E-state index in [-0.39, 0.29) is 12.3 Å². The van der Waals surface area contributed by atoms with Crippen molar-refractivity contribution in [1.82, 2.24) is 0 Å². The number of nitrogens with one attached hydrogen (secondary N) is 1. The van der Waals surface area contributed by atoms with Gasteiger partial charge in [-0.3, -0.25) is 4.99 Å². The normalized spacial score (nSPS) is 28.6. The first-order chi connectivity index (χ1) is 3.80. The predicted molar refractivity (Wildman–Crippen MR) is 30.6 cm³/mol. The molecular weight excluding hydrogens is 107 g/mol. The molecule has 0 fully saturated rings. The fourth-order valence-electron chi connectivity index (χ4n) is 0.568. The Morgan fingerprint density at radius 3 is 3.00 bits per heavy atom. The zero-order valence-corrected chi connectivity index (χ0v) is 4.39. The van der Waals surface area contributed by atoms with Gasteiger partial charge in [-0.05, 0) is 0 Å². The Morgan fingerprint density at radius 2 is 2.62 bits per heavy atom. The van der Waals surface area contributed by atoms with Crippen molar-refractivity contribution in [3.63, 3.8) is 0 Å². The largest absolute Gasteiger partial charge is 0.306 e. The van der Waals surface area contributed by atoms with Gasteiger partial charge >= 0.3 is 0 Å². The monoisotopic (exact) mass is 114 g/mol. The number of nitrogens with zero attached hydrogens (tertiary/aromatic N) is 1. The van der Waals surface area contributed by atoms with Crippen LogP contribution in [0.1, 0.15) is 6.42 Å². The highest BCUT2D eigenvalue weighted by atomic mass is 19.1. The van der Waals surface area contributed by atoms with Crippen LogP contribution in [-0.2, 0) is 0 Å². The first kappa shape index (κ1) is 5.41. The highest BCUT2D eigenvalue weighted by Crippen LogP contribution is 2.01. The van der Waals surface area contributed by atoms with Crippen LogP contribution in [0.25, 0.3) is 0 Å².